The molecule has 0 amide bonds. The number of carbonyl (C=O) groups excluding carboxylic acids is 1. The predicted molar refractivity (Wildman–Crippen MR) is 113 cm³/mol. The Bertz CT molecular complexity index is 1320. The highest BCUT2D eigenvalue weighted by Gasteiger charge is 2.16. The van der Waals surface area contributed by atoms with E-state index < -0.39 is 19.7 Å². The summed E-state index contributed by atoms with van der Waals surface area (Å²) in [6.45, 7) is 0. The van der Waals surface area contributed by atoms with Gasteiger partial charge in [-0.2, -0.15) is 0 Å². The van der Waals surface area contributed by atoms with Gasteiger partial charge in [0.1, 0.15) is 5.69 Å². The van der Waals surface area contributed by atoms with Gasteiger partial charge in [-0.15, -0.1) is 0 Å². The highest BCUT2D eigenvalue weighted by Crippen LogP contribution is 2.22. The van der Waals surface area contributed by atoms with Crippen molar-refractivity contribution in [1.29, 1.82) is 0 Å². The predicted octanol–water partition coefficient (Wildman–Crippen LogP) is 1.96. The number of benzene rings is 2. The molecule has 0 fully saturated rings. The van der Waals surface area contributed by atoms with E-state index >= 15 is 0 Å². The summed E-state index contributed by atoms with van der Waals surface area (Å²) < 4.78 is 46.3. The number of sulfone groups is 2. The Labute approximate surface area is 174 Å². The second kappa shape index (κ2) is 7.96. The standard InChI is InChI=1S/C20H19N3O5S2/c1-29(25,26)15-7-3-13(4-8-15)11-18(24)19-20(21)22-12-17(23-19)14-5-9-16(10-6-14)30(2,27)28/h3-10,12H,11H2,1-2H3,(H2,21,22). The van der Waals surface area contributed by atoms with Crippen molar-refractivity contribution >= 4 is 31.3 Å². The first-order valence-corrected chi connectivity index (χ1v) is 12.5. The van der Waals surface area contributed by atoms with Crippen LogP contribution in [0.1, 0.15) is 16.1 Å². The molecule has 30 heavy (non-hydrogen) atoms. The molecule has 1 aromatic heterocycles. The first-order valence-electron chi connectivity index (χ1n) is 8.70. The molecule has 8 nitrogen and oxygen atoms in total. The number of nitrogens with zero attached hydrogens (tertiary/aromatic N) is 2. The van der Waals surface area contributed by atoms with Gasteiger partial charge in [-0.1, -0.05) is 24.3 Å². The summed E-state index contributed by atoms with van der Waals surface area (Å²) in [5.41, 5.74) is 7.39. The van der Waals surface area contributed by atoms with Crippen LogP contribution >= 0.6 is 0 Å². The van der Waals surface area contributed by atoms with Crippen molar-refractivity contribution in [2.45, 2.75) is 16.2 Å². The molecule has 0 aliphatic carbocycles. The van der Waals surface area contributed by atoms with Crippen LogP contribution in [0.4, 0.5) is 5.82 Å². The lowest BCUT2D eigenvalue weighted by atomic mass is 10.1. The number of hydrogen-bond acceptors (Lipinski definition) is 8. The highest BCUT2D eigenvalue weighted by molar-refractivity contribution is 7.91. The number of aromatic nitrogens is 2. The van der Waals surface area contributed by atoms with Crippen LogP contribution in [-0.2, 0) is 26.1 Å². The van der Waals surface area contributed by atoms with Crippen LogP contribution in [-0.4, -0.2) is 45.1 Å². The molecule has 0 radical (unpaired) electrons. The zero-order valence-corrected chi connectivity index (χ0v) is 17.9. The number of hydrogen-bond donors (Lipinski definition) is 1. The van der Waals surface area contributed by atoms with Gasteiger partial charge in [0, 0.05) is 24.5 Å². The van der Waals surface area contributed by atoms with Gasteiger partial charge < -0.3 is 5.73 Å². The van der Waals surface area contributed by atoms with Crippen molar-refractivity contribution < 1.29 is 21.6 Å². The summed E-state index contributed by atoms with van der Waals surface area (Å²) in [4.78, 5) is 21.4. The maximum absolute atomic E-state index is 12.7. The molecule has 2 aromatic carbocycles. The summed E-state index contributed by atoms with van der Waals surface area (Å²) >= 11 is 0. The van der Waals surface area contributed by atoms with Crippen molar-refractivity contribution in [3.63, 3.8) is 0 Å². The minimum absolute atomic E-state index is 0.00752. The number of nitrogen functional groups attached to an aromatic ring is 1. The maximum Gasteiger partial charge on any atom is 0.189 e. The first kappa shape index (κ1) is 21.6. The fourth-order valence-corrected chi connectivity index (χ4v) is 4.00. The van der Waals surface area contributed by atoms with Crippen LogP contribution in [0.25, 0.3) is 11.3 Å². The number of Topliss-reactive ketones (excluding diaryl/α,β-unsaturated/α-hetero) is 1. The van der Waals surface area contributed by atoms with Gasteiger partial charge in [-0.3, -0.25) is 4.79 Å². The average Bonchev–Trinajstić information content (AvgIpc) is 2.67. The van der Waals surface area contributed by atoms with Gasteiger partial charge in [0.15, 0.2) is 31.3 Å². The summed E-state index contributed by atoms with van der Waals surface area (Å²) in [5, 5.41) is 0. The zero-order valence-electron chi connectivity index (χ0n) is 16.2. The summed E-state index contributed by atoms with van der Waals surface area (Å²) in [6, 6.07) is 12.1. The zero-order chi connectivity index (χ0) is 22.1. The summed E-state index contributed by atoms with van der Waals surface area (Å²) in [6.07, 6.45) is 3.60. The van der Waals surface area contributed by atoms with E-state index in [-0.39, 0.29) is 33.5 Å². The molecule has 0 atom stereocenters. The lowest BCUT2D eigenvalue weighted by Gasteiger charge is -2.08. The summed E-state index contributed by atoms with van der Waals surface area (Å²) in [7, 11) is -6.65. The van der Waals surface area contributed by atoms with Gasteiger partial charge in [0.05, 0.1) is 21.7 Å². The molecule has 0 aliphatic rings. The lowest BCUT2D eigenvalue weighted by Crippen LogP contribution is -2.12. The number of anilines is 1. The van der Waals surface area contributed by atoms with Gasteiger partial charge in [0.25, 0.3) is 0 Å². The van der Waals surface area contributed by atoms with E-state index in [1.54, 1.807) is 24.3 Å². The third kappa shape index (κ3) is 4.89. The average molecular weight is 446 g/mol. The minimum Gasteiger partial charge on any atom is -0.382 e. The molecule has 0 saturated carbocycles. The third-order valence-electron chi connectivity index (χ3n) is 4.36. The Hall–Kier alpha value is -3.11. The van der Waals surface area contributed by atoms with E-state index in [1.165, 1.54) is 30.5 Å². The lowest BCUT2D eigenvalue weighted by molar-refractivity contribution is 0.0989. The van der Waals surface area contributed by atoms with E-state index in [9.17, 15) is 21.6 Å². The van der Waals surface area contributed by atoms with Gasteiger partial charge in [-0.05, 0) is 29.8 Å². The van der Waals surface area contributed by atoms with E-state index in [0.29, 0.717) is 16.8 Å². The molecule has 0 aliphatic heterocycles. The highest BCUT2D eigenvalue weighted by atomic mass is 32.2. The van der Waals surface area contributed by atoms with Crippen molar-refractivity contribution in [2.24, 2.45) is 0 Å². The van der Waals surface area contributed by atoms with E-state index in [2.05, 4.69) is 9.97 Å². The first-order chi connectivity index (χ1) is 13.9. The minimum atomic E-state index is -3.32. The molecule has 0 bridgehead atoms. The van der Waals surface area contributed by atoms with Crippen LogP contribution in [0, 0.1) is 0 Å². The molecular weight excluding hydrogens is 426 g/mol. The molecule has 0 saturated heterocycles. The largest absolute Gasteiger partial charge is 0.382 e. The van der Waals surface area contributed by atoms with Gasteiger partial charge in [-0.25, -0.2) is 26.8 Å². The quantitative estimate of drug-likeness (QED) is 0.568. The van der Waals surface area contributed by atoms with Crippen LogP contribution in [0.3, 0.4) is 0 Å². The van der Waals surface area contributed by atoms with Gasteiger partial charge >= 0.3 is 0 Å². The molecule has 156 valence electrons. The fraction of sp³-hybridized carbons (Fsp3) is 0.150. The number of ketones is 1. The molecule has 0 unspecified atom stereocenters. The van der Waals surface area contributed by atoms with Crippen LogP contribution in [0.15, 0.2) is 64.5 Å². The molecule has 3 aromatic rings. The Balaban J connectivity index is 1.87. The van der Waals surface area contributed by atoms with Crippen molar-refractivity contribution in [3.8, 4) is 11.3 Å². The Morgan fingerprint density at radius 2 is 1.37 bits per heavy atom. The Morgan fingerprint density at radius 1 is 0.867 bits per heavy atom. The van der Waals surface area contributed by atoms with E-state index in [0.717, 1.165) is 12.5 Å². The molecule has 1 heterocycles. The number of carbonyl (C=O) groups is 1. The third-order valence-corrected chi connectivity index (χ3v) is 6.62. The number of nitrogens with two attached hydrogens (primary N) is 1. The van der Waals surface area contributed by atoms with Gasteiger partial charge in [0.2, 0.25) is 0 Å². The smallest absolute Gasteiger partial charge is 0.189 e. The van der Waals surface area contributed by atoms with Crippen molar-refractivity contribution in [3.05, 3.63) is 66.0 Å². The monoisotopic (exact) mass is 445 g/mol. The van der Waals surface area contributed by atoms with Crippen molar-refractivity contribution in [2.75, 3.05) is 18.2 Å². The Kier molecular flexibility index (Phi) is 5.73. The topological polar surface area (TPSA) is 137 Å². The molecule has 3 rings (SSSR count). The Morgan fingerprint density at radius 3 is 1.87 bits per heavy atom. The van der Waals surface area contributed by atoms with Crippen LogP contribution < -0.4 is 5.73 Å². The summed E-state index contributed by atoms with van der Waals surface area (Å²) in [5.74, 6) is -0.397. The van der Waals surface area contributed by atoms with Crippen molar-refractivity contribution in [1.82, 2.24) is 9.97 Å². The second-order valence-electron chi connectivity index (χ2n) is 6.80. The fourth-order valence-electron chi connectivity index (χ4n) is 2.74. The van der Waals surface area contributed by atoms with Crippen LogP contribution in [0.2, 0.25) is 0 Å². The van der Waals surface area contributed by atoms with E-state index in [4.69, 9.17) is 5.73 Å². The molecule has 0 spiro atoms. The maximum atomic E-state index is 12.7. The molecule has 10 heteroatoms. The SMILES string of the molecule is CS(=O)(=O)c1ccc(CC(=O)c2nc(-c3ccc(S(C)(=O)=O)cc3)cnc2N)cc1. The van der Waals surface area contributed by atoms with E-state index in [1.807, 2.05) is 0 Å². The second-order valence-corrected chi connectivity index (χ2v) is 10.8. The number of rotatable bonds is 6. The molecule has 2 N–H and O–H groups in total. The normalized spacial score (nSPS) is 11.9. The molecular formula is C20H19N3O5S2. The van der Waals surface area contributed by atoms with Crippen LogP contribution in [0.5, 0.6) is 0 Å².